The highest BCUT2D eigenvalue weighted by Crippen LogP contribution is 2.19. The standard InChI is InChI=1S/C13H15FN2O3/c14-10-6-9(7-12(8-10)16(18)19)13(17)15-11-4-2-1-3-5-11/h6-8,11H,1-5H2,(H,15,17). The highest BCUT2D eigenvalue weighted by molar-refractivity contribution is 5.95. The quantitative estimate of drug-likeness (QED) is 0.675. The monoisotopic (exact) mass is 266 g/mol. The smallest absolute Gasteiger partial charge is 0.273 e. The van der Waals surface area contributed by atoms with Gasteiger partial charge in [0.05, 0.1) is 11.0 Å². The van der Waals surface area contributed by atoms with Crippen LogP contribution in [0.5, 0.6) is 0 Å². The molecule has 1 amide bonds. The van der Waals surface area contributed by atoms with Gasteiger partial charge in [0.1, 0.15) is 5.82 Å². The van der Waals surface area contributed by atoms with E-state index in [4.69, 9.17) is 0 Å². The molecule has 102 valence electrons. The largest absolute Gasteiger partial charge is 0.349 e. The lowest BCUT2D eigenvalue weighted by molar-refractivity contribution is -0.385. The summed E-state index contributed by atoms with van der Waals surface area (Å²) in [6.07, 6.45) is 5.10. The molecule has 0 atom stereocenters. The molecule has 0 unspecified atom stereocenters. The fourth-order valence-corrected chi connectivity index (χ4v) is 2.33. The Labute approximate surface area is 110 Å². The second-order valence-electron chi connectivity index (χ2n) is 4.76. The summed E-state index contributed by atoms with van der Waals surface area (Å²) in [4.78, 5) is 21.9. The number of amides is 1. The van der Waals surface area contributed by atoms with Crippen molar-refractivity contribution in [2.24, 2.45) is 0 Å². The Balaban J connectivity index is 2.11. The number of nitro benzene ring substituents is 1. The first-order valence-corrected chi connectivity index (χ1v) is 6.32. The molecule has 2 rings (SSSR count). The average molecular weight is 266 g/mol. The molecule has 0 bridgehead atoms. The number of nitrogens with one attached hydrogen (secondary N) is 1. The van der Waals surface area contributed by atoms with E-state index in [1.54, 1.807) is 0 Å². The number of hydrogen-bond donors (Lipinski definition) is 1. The summed E-state index contributed by atoms with van der Waals surface area (Å²) < 4.78 is 13.2. The fourth-order valence-electron chi connectivity index (χ4n) is 2.33. The van der Waals surface area contributed by atoms with Gasteiger partial charge in [-0.2, -0.15) is 0 Å². The molecule has 1 aromatic rings. The van der Waals surface area contributed by atoms with Gasteiger partial charge in [0.15, 0.2) is 0 Å². The highest BCUT2D eigenvalue weighted by Gasteiger charge is 2.19. The zero-order valence-corrected chi connectivity index (χ0v) is 10.4. The molecule has 1 fully saturated rings. The number of rotatable bonds is 3. The number of nitro groups is 1. The maximum Gasteiger partial charge on any atom is 0.273 e. The minimum absolute atomic E-state index is 0.00252. The molecule has 1 N–H and O–H groups in total. The molecule has 1 aliphatic rings. The first-order valence-electron chi connectivity index (χ1n) is 6.32. The molecule has 19 heavy (non-hydrogen) atoms. The molecule has 5 nitrogen and oxygen atoms in total. The van der Waals surface area contributed by atoms with Crippen LogP contribution in [0, 0.1) is 15.9 Å². The van der Waals surface area contributed by atoms with Gasteiger partial charge in [-0.25, -0.2) is 4.39 Å². The lowest BCUT2D eigenvalue weighted by Gasteiger charge is -2.22. The van der Waals surface area contributed by atoms with Crippen LogP contribution in [0.2, 0.25) is 0 Å². The van der Waals surface area contributed by atoms with Crippen LogP contribution in [-0.4, -0.2) is 16.9 Å². The number of nitrogens with zero attached hydrogens (tertiary/aromatic N) is 1. The topological polar surface area (TPSA) is 72.2 Å². The van der Waals surface area contributed by atoms with Crippen molar-refractivity contribution >= 4 is 11.6 Å². The van der Waals surface area contributed by atoms with Crippen LogP contribution < -0.4 is 5.32 Å². The Morgan fingerprint density at radius 1 is 1.26 bits per heavy atom. The van der Waals surface area contributed by atoms with E-state index in [0.717, 1.165) is 50.3 Å². The number of carbonyl (C=O) groups is 1. The Morgan fingerprint density at radius 2 is 1.95 bits per heavy atom. The molecule has 1 aliphatic carbocycles. The summed E-state index contributed by atoms with van der Waals surface area (Å²) in [5, 5.41) is 13.4. The maximum atomic E-state index is 13.2. The van der Waals surface area contributed by atoms with Crippen molar-refractivity contribution in [2.45, 2.75) is 38.1 Å². The third kappa shape index (κ3) is 3.49. The van der Waals surface area contributed by atoms with E-state index in [2.05, 4.69) is 5.32 Å². The van der Waals surface area contributed by atoms with E-state index in [0.29, 0.717) is 0 Å². The van der Waals surface area contributed by atoms with Gasteiger partial charge in [-0.3, -0.25) is 14.9 Å². The molecule has 0 aliphatic heterocycles. The Kier molecular flexibility index (Phi) is 4.09. The Bertz CT molecular complexity index is 499. The summed E-state index contributed by atoms with van der Waals surface area (Å²) in [6.45, 7) is 0. The minimum Gasteiger partial charge on any atom is -0.349 e. The van der Waals surface area contributed by atoms with Gasteiger partial charge in [0, 0.05) is 17.7 Å². The van der Waals surface area contributed by atoms with E-state index in [9.17, 15) is 19.3 Å². The summed E-state index contributed by atoms with van der Waals surface area (Å²) >= 11 is 0. The molecule has 0 heterocycles. The molecular weight excluding hydrogens is 251 g/mol. The van der Waals surface area contributed by atoms with Crippen LogP contribution in [0.1, 0.15) is 42.5 Å². The van der Waals surface area contributed by atoms with Gasteiger partial charge in [-0.1, -0.05) is 19.3 Å². The number of halogens is 1. The van der Waals surface area contributed by atoms with E-state index in [1.807, 2.05) is 0 Å². The SMILES string of the molecule is O=C(NC1CCCCC1)c1cc(F)cc([N+](=O)[O-])c1. The third-order valence-corrected chi connectivity index (χ3v) is 3.30. The third-order valence-electron chi connectivity index (χ3n) is 3.30. The molecule has 1 saturated carbocycles. The summed E-state index contributed by atoms with van der Waals surface area (Å²) in [6, 6.07) is 3.01. The number of non-ortho nitro benzene ring substituents is 1. The number of hydrogen-bond acceptors (Lipinski definition) is 3. The second kappa shape index (κ2) is 5.77. The van der Waals surface area contributed by atoms with Crippen LogP contribution in [-0.2, 0) is 0 Å². The van der Waals surface area contributed by atoms with Crippen LogP contribution in [0.3, 0.4) is 0 Å². The van der Waals surface area contributed by atoms with Crippen LogP contribution in [0.25, 0.3) is 0 Å². The van der Waals surface area contributed by atoms with Crippen molar-refractivity contribution in [1.29, 1.82) is 0 Å². The Hall–Kier alpha value is -1.98. The molecule has 0 aromatic heterocycles. The van der Waals surface area contributed by atoms with E-state index < -0.39 is 22.3 Å². The van der Waals surface area contributed by atoms with E-state index >= 15 is 0 Å². The predicted octanol–water partition coefficient (Wildman–Crippen LogP) is 2.80. The number of carbonyl (C=O) groups excluding carboxylic acids is 1. The normalized spacial score (nSPS) is 16.1. The van der Waals surface area contributed by atoms with Gasteiger partial charge < -0.3 is 5.32 Å². The van der Waals surface area contributed by atoms with E-state index in [1.165, 1.54) is 0 Å². The first-order chi connectivity index (χ1) is 9.06. The summed E-state index contributed by atoms with van der Waals surface area (Å²) in [5.41, 5.74) is -0.411. The van der Waals surface area contributed by atoms with Crippen molar-refractivity contribution in [3.8, 4) is 0 Å². The van der Waals surface area contributed by atoms with Gasteiger partial charge in [0.25, 0.3) is 11.6 Å². The van der Waals surface area contributed by atoms with Gasteiger partial charge in [-0.15, -0.1) is 0 Å². The van der Waals surface area contributed by atoms with Crippen molar-refractivity contribution < 1.29 is 14.1 Å². The molecular formula is C13H15FN2O3. The van der Waals surface area contributed by atoms with Crippen LogP contribution >= 0.6 is 0 Å². The lowest BCUT2D eigenvalue weighted by Crippen LogP contribution is -2.36. The van der Waals surface area contributed by atoms with Gasteiger partial charge in [0.2, 0.25) is 0 Å². The van der Waals surface area contributed by atoms with Crippen molar-refractivity contribution in [3.63, 3.8) is 0 Å². The van der Waals surface area contributed by atoms with Crippen molar-refractivity contribution in [3.05, 3.63) is 39.7 Å². The molecule has 1 aromatic carbocycles. The summed E-state index contributed by atoms with van der Waals surface area (Å²) in [7, 11) is 0. The van der Waals surface area contributed by atoms with Crippen LogP contribution in [0.15, 0.2) is 18.2 Å². The van der Waals surface area contributed by atoms with Crippen molar-refractivity contribution in [1.82, 2.24) is 5.32 Å². The number of benzene rings is 1. The molecule has 6 heteroatoms. The fraction of sp³-hybridized carbons (Fsp3) is 0.462. The minimum atomic E-state index is -0.775. The average Bonchev–Trinajstić information content (AvgIpc) is 2.39. The highest BCUT2D eigenvalue weighted by atomic mass is 19.1. The van der Waals surface area contributed by atoms with E-state index in [-0.39, 0.29) is 11.6 Å². The second-order valence-corrected chi connectivity index (χ2v) is 4.76. The first kappa shape index (κ1) is 13.5. The zero-order chi connectivity index (χ0) is 13.8. The van der Waals surface area contributed by atoms with Gasteiger partial charge >= 0.3 is 0 Å². The summed E-state index contributed by atoms with van der Waals surface area (Å²) in [5.74, 6) is -1.22. The molecule has 0 saturated heterocycles. The van der Waals surface area contributed by atoms with Gasteiger partial charge in [-0.05, 0) is 18.9 Å². The lowest BCUT2D eigenvalue weighted by atomic mass is 9.95. The van der Waals surface area contributed by atoms with Crippen molar-refractivity contribution in [2.75, 3.05) is 0 Å². The zero-order valence-electron chi connectivity index (χ0n) is 10.4. The maximum absolute atomic E-state index is 13.2. The Morgan fingerprint density at radius 3 is 2.58 bits per heavy atom. The van der Waals surface area contributed by atoms with Crippen LogP contribution in [0.4, 0.5) is 10.1 Å². The molecule has 0 radical (unpaired) electrons. The predicted molar refractivity (Wildman–Crippen MR) is 67.4 cm³/mol. The molecule has 0 spiro atoms.